The van der Waals surface area contributed by atoms with Crippen LogP contribution in [-0.2, 0) is 9.53 Å². The summed E-state index contributed by atoms with van der Waals surface area (Å²) >= 11 is 0. The molecule has 0 spiro atoms. The number of halogens is 1. The summed E-state index contributed by atoms with van der Waals surface area (Å²) in [6, 6.07) is 12.8. The first-order valence-electron chi connectivity index (χ1n) is 10.1. The summed E-state index contributed by atoms with van der Waals surface area (Å²) in [6.07, 6.45) is 1.54. The van der Waals surface area contributed by atoms with E-state index in [1.165, 1.54) is 17.0 Å². The molecular formula is C23H27FN3O3+. The van der Waals surface area contributed by atoms with Crippen LogP contribution in [0, 0.1) is 12.7 Å². The number of amides is 2. The Bertz CT molecular complexity index is 889. The van der Waals surface area contributed by atoms with Gasteiger partial charge in [0, 0.05) is 5.56 Å². The van der Waals surface area contributed by atoms with Gasteiger partial charge in [-0.1, -0.05) is 29.8 Å². The van der Waals surface area contributed by atoms with Crippen molar-refractivity contribution in [2.24, 2.45) is 0 Å². The van der Waals surface area contributed by atoms with Crippen LogP contribution in [0.2, 0.25) is 0 Å². The van der Waals surface area contributed by atoms with Crippen LogP contribution < -0.4 is 15.5 Å². The number of ether oxygens (including phenoxy) is 1. The van der Waals surface area contributed by atoms with E-state index >= 15 is 0 Å². The number of aryl methyl sites for hydroxylation is 1. The fourth-order valence-electron chi connectivity index (χ4n) is 3.14. The molecule has 0 unspecified atom stereocenters. The standard InChI is InChI=1S/C23H26FN3O3/c1-17-2-6-19(7-3-17)22(28)26-21(16-18-4-8-20(24)9-5-18)23(29)25-10-11-27-12-14-30-15-13-27/h2-9,16H,10-15H2,1H3,(H,25,29)(H,26,28)/p+1/b21-16-. The van der Waals surface area contributed by atoms with Gasteiger partial charge in [0.2, 0.25) is 0 Å². The lowest BCUT2D eigenvalue weighted by atomic mass is 10.1. The third-order valence-electron chi connectivity index (χ3n) is 4.95. The number of rotatable bonds is 7. The van der Waals surface area contributed by atoms with Crippen LogP contribution in [0.25, 0.3) is 6.08 Å². The first-order valence-corrected chi connectivity index (χ1v) is 10.1. The summed E-state index contributed by atoms with van der Waals surface area (Å²) in [4.78, 5) is 26.8. The minimum atomic E-state index is -0.382. The Hall–Kier alpha value is -3.03. The monoisotopic (exact) mass is 412 g/mol. The molecule has 2 aromatic carbocycles. The molecule has 0 saturated carbocycles. The average molecular weight is 412 g/mol. The number of hydrogen-bond acceptors (Lipinski definition) is 3. The normalized spacial score (nSPS) is 14.9. The van der Waals surface area contributed by atoms with Crippen molar-refractivity contribution in [2.75, 3.05) is 39.4 Å². The van der Waals surface area contributed by atoms with E-state index in [1.807, 2.05) is 19.1 Å². The maximum atomic E-state index is 13.2. The van der Waals surface area contributed by atoms with Gasteiger partial charge in [0.25, 0.3) is 11.8 Å². The van der Waals surface area contributed by atoms with Gasteiger partial charge in [-0.25, -0.2) is 4.39 Å². The van der Waals surface area contributed by atoms with Gasteiger partial charge in [-0.15, -0.1) is 0 Å². The maximum absolute atomic E-state index is 13.2. The molecule has 7 heteroatoms. The van der Waals surface area contributed by atoms with E-state index in [0.29, 0.717) is 17.7 Å². The van der Waals surface area contributed by atoms with Gasteiger partial charge in [0.1, 0.15) is 24.6 Å². The van der Waals surface area contributed by atoms with E-state index in [0.717, 1.165) is 38.4 Å². The Balaban J connectivity index is 1.69. The number of carbonyl (C=O) groups is 2. The van der Waals surface area contributed by atoms with Crippen molar-refractivity contribution < 1.29 is 23.6 Å². The minimum absolute atomic E-state index is 0.115. The van der Waals surface area contributed by atoms with Gasteiger partial charge in [-0.05, 0) is 42.8 Å². The van der Waals surface area contributed by atoms with Gasteiger partial charge in [0.15, 0.2) is 0 Å². The Morgan fingerprint density at radius 2 is 1.73 bits per heavy atom. The first kappa shape index (κ1) is 21.7. The van der Waals surface area contributed by atoms with Gasteiger partial charge in [-0.2, -0.15) is 0 Å². The number of hydrogen-bond donors (Lipinski definition) is 3. The zero-order chi connectivity index (χ0) is 21.3. The molecule has 1 aliphatic heterocycles. The second-order valence-electron chi connectivity index (χ2n) is 7.30. The van der Waals surface area contributed by atoms with E-state index in [2.05, 4.69) is 10.6 Å². The van der Waals surface area contributed by atoms with Gasteiger partial charge in [0.05, 0.1) is 26.3 Å². The molecule has 6 nitrogen and oxygen atoms in total. The highest BCUT2D eigenvalue weighted by molar-refractivity contribution is 6.05. The van der Waals surface area contributed by atoms with E-state index < -0.39 is 0 Å². The lowest BCUT2D eigenvalue weighted by Gasteiger charge is -2.23. The summed E-state index contributed by atoms with van der Waals surface area (Å²) in [5.41, 5.74) is 2.22. The van der Waals surface area contributed by atoms with Crippen LogP contribution >= 0.6 is 0 Å². The van der Waals surface area contributed by atoms with Crippen molar-refractivity contribution in [1.82, 2.24) is 10.6 Å². The predicted octanol–water partition coefficient (Wildman–Crippen LogP) is 0.936. The summed E-state index contributed by atoms with van der Waals surface area (Å²) in [6.45, 7) is 6.49. The van der Waals surface area contributed by atoms with E-state index in [-0.39, 0.29) is 23.3 Å². The van der Waals surface area contributed by atoms with Crippen LogP contribution in [0.4, 0.5) is 4.39 Å². The van der Waals surface area contributed by atoms with Crippen molar-refractivity contribution in [1.29, 1.82) is 0 Å². The van der Waals surface area contributed by atoms with Crippen molar-refractivity contribution >= 4 is 17.9 Å². The fourth-order valence-corrected chi connectivity index (χ4v) is 3.14. The second-order valence-corrected chi connectivity index (χ2v) is 7.30. The van der Waals surface area contributed by atoms with E-state index in [9.17, 15) is 14.0 Å². The number of nitrogens with one attached hydrogen (secondary N) is 3. The smallest absolute Gasteiger partial charge is 0.268 e. The van der Waals surface area contributed by atoms with Crippen LogP contribution in [-0.4, -0.2) is 51.2 Å². The van der Waals surface area contributed by atoms with Crippen molar-refractivity contribution in [2.45, 2.75) is 6.92 Å². The molecule has 1 heterocycles. The summed E-state index contributed by atoms with van der Waals surface area (Å²) in [5, 5.41) is 5.56. The number of benzene rings is 2. The number of quaternary nitrogens is 1. The number of morpholine rings is 1. The minimum Gasteiger partial charge on any atom is -0.370 e. The predicted molar refractivity (Wildman–Crippen MR) is 112 cm³/mol. The Morgan fingerprint density at radius 1 is 1.07 bits per heavy atom. The average Bonchev–Trinajstić information content (AvgIpc) is 2.76. The molecule has 3 rings (SSSR count). The van der Waals surface area contributed by atoms with Crippen molar-refractivity contribution in [3.8, 4) is 0 Å². The molecule has 0 atom stereocenters. The zero-order valence-electron chi connectivity index (χ0n) is 17.0. The van der Waals surface area contributed by atoms with Gasteiger partial charge in [-0.3, -0.25) is 9.59 Å². The third-order valence-corrected chi connectivity index (χ3v) is 4.95. The van der Waals surface area contributed by atoms with Crippen LogP contribution in [0.1, 0.15) is 21.5 Å². The molecule has 0 radical (unpaired) electrons. The second kappa shape index (κ2) is 10.7. The summed E-state index contributed by atoms with van der Waals surface area (Å²) in [7, 11) is 0. The number of carbonyl (C=O) groups excluding carboxylic acids is 2. The molecule has 30 heavy (non-hydrogen) atoms. The summed E-state index contributed by atoms with van der Waals surface area (Å²) < 4.78 is 18.6. The molecule has 0 bridgehead atoms. The molecule has 158 valence electrons. The molecule has 1 fully saturated rings. The molecule has 2 amide bonds. The summed E-state index contributed by atoms with van der Waals surface area (Å²) in [5.74, 6) is -1.12. The molecule has 3 N–H and O–H groups in total. The molecule has 0 aliphatic carbocycles. The highest BCUT2D eigenvalue weighted by Crippen LogP contribution is 2.09. The lowest BCUT2D eigenvalue weighted by Crippen LogP contribution is -3.14. The van der Waals surface area contributed by atoms with Gasteiger partial charge >= 0.3 is 0 Å². The van der Waals surface area contributed by atoms with Crippen LogP contribution in [0.15, 0.2) is 54.2 Å². The van der Waals surface area contributed by atoms with Crippen molar-refractivity contribution in [3.05, 3.63) is 76.7 Å². The highest BCUT2D eigenvalue weighted by atomic mass is 19.1. The molecule has 2 aromatic rings. The van der Waals surface area contributed by atoms with Crippen LogP contribution in [0.3, 0.4) is 0 Å². The SMILES string of the molecule is Cc1ccc(C(=O)N/C(=C\c2ccc(F)cc2)C(=O)NCC[NH+]2CCOCC2)cc1. The first-order chi connectivity index (χ1) is 14.5. The van der Waals surface area contributed by atoms with Crippen molar-refractivity contribution in [3.63, 3.8) is 0 Å². The highest BCUT2D eigenvalue weighted by Gasteiger charge is 2.17. The third kappa shape index (κ3) is 6.50. The zero-order valence-corrected chi connectivity index (χ0v) is 17.0. The largest absolute Gasteiger partial charge is 0.370 e. The Morgan fingerprint density at radius 3 is 2.40 bits per heavy atom. The molecule has 0 aromatic heterocycles. The quantitative estimate of drug-likeness (QED) is 0.593. The van der Waals surface area contributed by atoms with Crippen LogP contribution in [0.5, 0.6) is 0 Å². The van der Waals surface area contributed by atoms with Gasteiger partial charge < -0.3 is 20.3 Å². The van der Waals surface area contributed by atoms with E-state index in [4.69, 9.17) is 4.74 Å². The topological polar surface area (TPSA) is 71.9 Å². The molecular weight excluding hydrogens is 385 g/mol. The Labute approximate surface area is 175 Å². The van der Waals surface area contributed by atoms with E-state index in [1.54, 1.807) is 30.3 Å². The molecule has 1 aliphatic rings. The Kier molecular flexibility index (Phi) is 7.70. The fraction of sp³-hybridized carbons (Fsp3) is 0.304. The lowest BCUT2D eigenvalue weighted by molar-refractivity contribution is -0.906. The molecule has 1 saturated heterocycles. The maximum Gasteiger partial charge on any atom is 0.268 e.